The monoisotopic (exact) mass is 443 g/mol. The molecule has 2 aromatic rings. The number of hydrogen-bond donors (Lipinski definition) is 2. The van der Waals surface area contributed by atoms with Crippen molar-refractivity contribution >= 4 is 29.3 Å². The van der Waals surface area contributed by atoms with E-state index in [1.807, 2.05) is 0 Å². The number of Topliss-reactive ketones (excluding diaryl/α,β-unsaturated/α-hetero) is 1. The second kappa shape index (κ2) is 11.0. The fourth-order valence-electron chi connectivity index (χ4n) is 3.64. The first kappa shape index (κ1) is 22.8. The Balaban J connectivity index is 1.38. The van der Waals surface area contributed by atoms with Crippen molar-refractivity contribution in [3.63, 3.8) is 0 Å². The molecule has 1 aliphatic carbocycles. The van der Waals surface area contributed by atoms with Gasteiger partial charge < -0.3 is 15.2 Å². The minimum absolute atomic E-state index is 0.00857. The van der Waals surface area contributed by atoms with Crippen LogP contribution in [0.2, 0.25) is 5.02 Å². The molecule has 1 amide bonds. The zero-order chi connectivity index (χ0) is 22.2. The van der Waals surface area contributed by atoms with Crippen LogP contribution in [0.5, 0.6) is 5.75 Å². The lowest BCUT2D eigenvalue weighted by Crippen LogP contribution is -2.27. The average Bonchev–Trinajstić information content (AvgIpc) is 2.78. The number of halogens is 1. The van der Waals surface area contributed by atoms with Crippen LogP contribution >= 0.6 is 11.6 Å². The molecule has 7 heteroatoms. The van der Waals surface area contributed by atoms with Crippen LogP contribution in [0.4, 0.5) is 0 Å². The van der Waals surface area contributed by atoms with Gasteiger partial charge in [-0.2, -0.15) is 0 Å². The average molecular weight is 444 g/mol. The Labute approximate surface area is 186 Å². The normalized spacial score (nSPS) is 18.2. The number of carbonyl (C=O) groups excluding carboxylic acids is 2. The molecular formula is C24H26ClNO5. The molecule has 0 atom stereocenters. The number of carboxylic acid groups (broad SMARTS) is 1. The Hall–Kier alpha value is -2.86. The minimum Gasteiger partial charge on any atom is -0.490 e. The fourth-order valence-corrected chi connectivity index (χ4v) is 3.76. The first-order chi connectivity index (χ1) is 14.9. The van der Waals surface area contributed by atoms with E-state index >= 15 is 0 Å². The predicted molar refractivity (Wildman–Crippen MR) is 118 cm³/mol. The third-order valence-electron chi connectivity index (χ3n) is 5.48. The first-order valence-electron chi connectivity index (χ1n) is 10.5. The zero-order valence-electron chi connectivity index (χ0n) is 17.2. The number of amides is 1. The Morgan fingerprint density at radius 3 is 2.16 bits per heavy atom. The van der Waals surface area contributed by atoms with E-state index in [0.717, 1.165) is 12.8 Å². The van der Waals surface area contributed by atoms with Gasteiger partial charge in [0, 0.05) is 29.1 Å². The largest absolute Gasteiger partial charge is 0.490 e. The highest BCUT2D eigenvalue weighted by molar-refractivity contribution is 6.30. The van der Waals surface area contributed by atoms with Crippen molar-refractivity contribution in [1.29, 1.82) is 0 Å². The molecule has 164 valence electrons. The van der Waals surface area contributed by atoms with E-state index in [2.05, 4.69) is 5.32 Å². The van der Waals surface area contributed by atoms with E-state index in [1.54, 1.807) is 48.5 Å². The van der Waals surface area contributed by atoms with Crippen LogP contribution in [-0.4, -0.2) is 35.4 Å². The highest BCUT2D eigenvalue weighted by Gasteiger charge is 2.26. The molecule has 0 bridgehead atoms. The van der Waals surface area contributed by atoms with E-state index in [9.17, 15) is 14.4 Å². The molecule has 0 spiro atoms. The molecule has 3 rings (SSSR count). The number of aliphatic carboxylic acids is 1. The van der Waals surface area contributed by atoms with Crippen LogP contribution in [0.3, 0.4) is 0 Å². The molecule has 0 aliphatic heterocycles. The van der Waals surface area contributed by atoms with Crippen LogP contribution in [0.25, 0.3) is 0 Å². The third kappa shape index (κ3) is 6.82. The standard InChI is InChI=1S/C24H26ClNO5/c25-19-9-3-17(4-10-19)23(28)26-15-1-2-22(27)16-5-11-20(12-6-16)31-21-13-7-18(8-14-21)24(29)30/h3-6,9-12,18,21H,1-2,7-8,13-15H2,(H,26,28)(H,29,30). The third-order valence-corrected chi connectivity index (χ3v) is 5.73. The van der Waals surface area contributed by atoms with Gasteiger partial charge in [0.2, 0.25) is 0 Å². The van der Waals surface area contributed by atoms with Crippen molar-refractivity contribution in [3.8, 4) is 5.75 Å². The molecule has 1 aliphatic rings. The summed E-state index contributed by atoms with van der Waals surface area (Å²) in [6.07, 6.45) is 3.60. The van der Waals surface area contributed by atoms with Gasteiger partial charge >= 0.3 is 5.97 Å². The van der Waals surface area contributed by atoms with Gasteiger partial charge in [0.15, 0.2) is 5.78 Å². The Morgan fingerprint density at radius 2 is 1.55 bits per heavy atom. The number of carboxylic acids is 1. The van der Waals surface area contributed by atoms with Crippen LogP contribution in [0.1, 0.15) is 59.2 Å². The van der Waals surface area contributed by atoms with Crippen molar-refractivity contribution in [2.45, 2.75) is 44.6 Å². The molecule has 2 aromatic carbocycles. The Kier molecular flexibility index (Phi) is 8.06. The van der Waals surface area contributed by atoms with Gasteiger partial charge in [0.05, 0.1) is 12.0 Å². The van der Waals surface area contributed by atoms with Gasteiger partial charge in [0.25, 0.3) is 5.91 Å². The number of hydrogen-bond acceptors (Lipinski definition) is 4. The number of ketones is 1. The summed E-state index contributed by atoms with van der Waals surface area (Å²) in [5.41, 5.74) is 1.13. The first-order valence-corrected chi connectivity index (χ1v) is 10.9. The second-order valence-corrected chi connectivity index (χ2v) is 8.18. The van der Waals surface area contributed by atoms with E-state index in [4.69, 9.17) is 21.4 Å². The van der Waals surface area contributed by atoms with Crippen molar-refractivity contribution in [1.82, 2.24) is 5.32 Å². The number of ether oxygens (including phenoxy) is 1. The van der Waals surface area contributed by atoms with Gasteiger partial charge in [-0.25, -0.2) is 0 Å². The summed E-state index contributed by atoms with van der Waals surface area (Å²) in [4.78, 5) is 35.4. The number of carbonyl (C=O) groups is 3. The maximum atomic E-state index is 12.4. The number of rotatable bonds is 9. The van der Waals surface area contributed by atoms with E-state index in [1.165, 1.54) is 0 Å². The number of nitrogens with one attached hydrogen (secondary N) is 1. The van der Waals surface area contributed by atoms with Gasteiger partial charge in [-0.3, -0.25) is 14.4 Å². The highest BCUT2D eigenvalue weighted by atomic mass is 35.5. The van der Waals surface area contributed by atoms with Gasteiger partial charge in [-0.1, -0.05) is 11.6 Å². The molecule has 6 nitrogen and oxygen atoms in total. The summed E-state index contributed by atoms with van der Waals surface area (Å²) < 4.78 is 5.93. The minimum atomic E-state index is -0.731. The maximum absolute atomic E-state index is 12.4. The lowest BCUT2D eigenvalue weighted by Gasteiger charge is -2.26. The summed E-state index contributed by atoms with van der Waals surface area (Å²) >= 11 is 5.81. The van der Waals surface area contributed by atoms with Crippen LogP contribution in [0, 0.1) is 5.92 Å². The van der Waals surface area contributed by atoms with Crippen LogP contribution in [-0.2, 0) is 4.79 Å². The SMILES string of the molecule is O=C(CCCNC(=O)c1ccc(Cl)cc1)c1ccc(OC2CCC(C(=O)O)CC2)cc1. The summed E-state index contributed by atoms with van der Waals surface area (Å²) in [5.74, 6) is -0.496. The quantitative estimate of drug-likeness (QED) is 0.430. The van der Waals surface area contributed by atoms with E-state index < -0.39 is 5.97 Å². The molecule has 0 aromatic heterocycles. The van der Waals surface area contributed by atoms with Gasteiger partial charge in [-0.15, -0.1) is 0 Å². The van der Waals surface area contributed by atoms with Crippen molar-refractivity contribution in [3.05, 3.63) is 64.7 Å². The topological polar surface area (TPSA) is 92.7 Å². The molecule has 0 radical (unpaired) electrons. The molecule has 31 heavy (non-hydrogen) atoms. The summed E-state index contributed by atoms with van der Waals surface area (Å²) in [6, 6.07) is 13.7. The number of benzene rings is 2. The second-order valence-electron chi connectivity index (χ2n) is 7.74. The van der Waals surface area contributed by atoms with Crippen molar-refractivity contribution in [2.75, 3.05) is 6.54 Å². The highest BCUT2D eigenvalue weighted by Crippen LogP contribution is 2.28. The predicted octanol–water partition coefficient (Wildman–Crippen LogP) is 4.76. The van der Waals surface area contributed by atoms with E-state index in [0.29, 0.717) is 54.1 Å². The molecular weight excluding hydrogens is 418 g/mol. The molecule has 0 unspecified atom stereocenters. The Bertz CT molecular complexity index is 903. The summed E-state index contributed by atoms with van der Waals surface area (Å²) in [7, 11) is 0. The molecule has 2 N–H and O–H groups in total. The fraction of sp³-hybridized carbons (Fsp3) is 0.375. The van der Waals surface area contributed by atoms with Crippen molar-refractivity contribution < 1.29 is 24.2 Å². The van der Waals surface area contributed by atoms with Crippen LogP contribution in [0.15, 0.2) is 48.5 Å². The zero-order valence-corrected chi connectivity index (χ0v) is 17.9. The van der Waals surface area contributed by atoms with Gasteiger partial charge in [-0.05, 0) is 80.6 Å². The summed E-state index contributed by atoms with van der Waals surface area (Å²) in [6.45, 7) is 0.410. The van der Waals surface area contributed by atoms with E-state index in [-0.39, 0.29) is 23.7 Å². The van der Waals surface area contributed by atoms with Gasteiger partial charge in [0.1, 0.15) is 5.75 Å². The maximum Gasteiger partial charge on any atom is 0.306 e. The Morgan fingerprint density at radius 1 is 0.935 bits per heavy atom. The smallest absolute Gasteiger partial charge is 0.306 e. The molecule has 1 saturated carbocycles. The molecule has 0 saturated heterocycles. The van der Waals surface area contributed by atoms with Crippen molar-refractivity contribution in [2.24, 2.45) is 5.92 Å². The lowest BCUT2D eigenvalue weighted by molar-refractivity contribution is -0.143. The van der Waals surface area contributed by atoms with Crippen LogP contribution < -0.4 is 10.1 Å². The molecule has 0 heterocycles. The lowest BCUT2D eigenvalue weighted by atomic mass is 9.87. The molecule has 1 fully saturated rings. The summed E-state index contributed by atoms with van der Waals surface area (Å²) in [5, 5.41) is 12.4.